The van der Waals surface area contributed by atoms with Gasteiger partial charge in [-0.3, -0.25) is 14.3 Å². The Hall–Kier alpha value is -1.89. The van der Waals surface area contributed by atoms with Crippen molar-refractivity contribution in [2.75, 3.05) is 33.4 Å². The van der Waals surface area contributed by atoms with Crippen LogP contribution in [0.25, 0.3) is 0 Å². The maximum Gasteiger partial charge on any atom is 0.272 e. The summed E-state index contributed by atoms with van der Waals surface area (Å²) < 4.78 is 6.83. The van der Waals surface area contributed by atoms with Gasteiger partial charge in [-0.15, -0.1) is 0 Å². The van der Waals surface area contributed by atoms with Crippen LogP contribution in [-0.4, -0.2) is 70.8 Å². The van der Waals surface area contributed by atoms with E-state index in [0.717, 1.165) is 56.5 Å². The highest BCUT2D eigenvalue weighted by Gasteiger charge is 2.52. The van der Waals surface area contributed by atoms with E-state index in [1.54, 1.807) is 11.8 Å². The van der Waals surface area contributed by atoms with Crippen LogP contribution in [-0.2, 0) is 16.6 Å². The van der Waals surface area contributed by atoms with Crippen molar-refractivity contribution in [1.29, 1.82) is 0 Å². The van der Waals surface area contributed by atoms with Crippen molar-refractivity contribution < 1.29 is 14.3 Å². The molecule has 1 aromatic heterocycles. The van der Waals surface area contributed by atoms with E-state index in [1.807, 2.05) is 30.7 Å². The number of methoxy groups -OCH3 is 1. The maximum atomic E-state index is 13.5. The molecule has 0 aromatic carbocycles. The largest absolute Gasteiger partial charge is 0.385 e. The predicted octanol–water partition coefficient (Wildman–Crippen LogP) is 2.31. The van der Waals surface area contributed by atoms with Crippen LogP contribution in [0.4, 0.5) is 0 Å². The number of piperidine rings is 2. The number of carbonyl (C=O) groups excluding carboxylic acids is 2. The van der Waals surface area contributed by atoms with Gasteiger partial charge in [0.2, 0.25) is 5.91 Å². The zero-order valence-electron chi connectivity index (χ0n) is 18.0. The van der Waals surface area contributed by atoms with E-state index >= 15 is 0 Å². The second-order valence-electron chi connectivity index (χ2n) is 8.36. The number of hydrogen-bond acceptors (Lipinski definition) is 4. The Balaban J connectivity index is 1.84. The average molecular weight is 391 g/mol. The smallest absolute Gasteiger partial charge is 0.272 e. The van der Waals surface area contributed by atoms with Gasteiger partial charge in [0.25, 0.3) is 5.91 Å². The molecule has 2 aliphatic heterocycles. The van der Waals surface area contributed by atoms with Crippen molar-refractivity contribution in [1.82, 2.24) is 19.6 Å². The summed E-state index contributed by atoms with van der Waals surface area (Å²) in [4.78, 5) is 30.8. The molecule has 3 heterocycles. The number of ether oxygens (including phenoxy) is 1. The normalized spacial score (nSPS) is 25.6. The summed E-state index contributed by atoms with van der Waals surface area (Å²) >= 11 is 0. The molecule has 2 saturated heterocycles. The second-order valence-corrected chi connectivity index (χ2v) is 8.36. The zero-order chi connectivity index (χ0) is 20.5. The highest BCUT2D eigenvalue weighted by Crippen LogP contribution is 2.44. The first-order valence-corrected chi connectivity index (χ1v) is 10.4. The monoisotopic (exact) mass is 390 g/mol. The van der Waals surface area contributed by atoms with Gasteiger partial charge in [-0.2, -0.15) is 5.10 Å². The van der Waals surface area contributed by atoms with Gasteiger partial charge in [0.1, 0.15) is 5.69 Å². The Kier molecular flexibility index (Phi) is 6.12. The molecule has 0 aliphatic carbocycles. The quantitative estimate of drug-likeness (QED) is 0.724. The molecular weight excluding hydrogens is 356 g/mol. The van der Waals surface area contributed by atoms with E-state index in [-0.39, 0.29) is 17.9 Å². The van der Waals surface area contributed by atoms with Crippen LogP contribution in [0.5, 0.6) is 0 Å². The molecule has 2 aliphatic rings. The van der Waals surface area contributed by atoms with Crippen molar-refractivity contribution >= 4 is 11.8 Å². The third-order valence-corrected chi connectivity index (χ3v) is 6.81. The number of rotatable bonds is 5. The van der Waals surface area contributed by atoms with Crippen molar-refractivity contribution in [3.63, 3.8) is 0 Å². The molecule has 0 unspecified atom stereocenters. The number of carbonyl (C=O) groups is 2. The summed E-state index contributed by atoms with van der Waals surface area (Å²) in [5, 5.41) is 4.41. The lowest BCUT2D eigenvalue weighted by Gasteiger charge is -2.51. The van der Waals surface area contributed by atoms with Gasteiger partial charge in [-0.05, 0) is 52.9 Å². The lowest BCUT2D eigenvalue weighted by atomic mass is 9.67. The highest BCUT2D eigenvalue weighted by molar-refractivity contribution is 5.95. The van der Waals surface area contributed by atoms with Gasteiger partial charge in [-0.25, -0.2) is 0 Å². The van der Waals surface area contributed by atoms with Crippen LogP contribution in [0.2, 0.25) is 0 Å². The van der Waals surface area contributed by atoms with Gasteiger partial charge in [0.05, 0.1) is 11.1 Å². The second kappa shape index (κ2) is 8.23. The van der Waals surface area contributed by atoms with Crippen molar-refractivity contribution in [3.8, 4) is 0 Å². The molecule has 156 valence electrons. The number of amides is 2. The molecule has 3 rings (SSSR count). The van der Waals surface area contributed by atoms with Crippen LogP contribution >= 0.6 is 0 Å². The van der Waals surface area contributed by atoms with E-state index in [4.69, 9.17) is 4.74 Å². The molecule has 0 N–H and O–H groups in total. The molecule has 2 fully saturated rings. The number of aryl methyl sites for hydroxylation is 2. The molecule has 7 nitrogen and oxygen atoms in total. The number of likely N-dealkylation sites (tertiary alicyclic amines) is 2. The van der Waals surface area contributed by atoms with Crippen molar-refractivity contribution in [2.45, 2.75) is 58.9 Å². The topological polar surface area (TPSA) is 67.7 Å². The van der Waals surface area contributed by atoms with Crippen molar-refractivity contribution in [2.24, 2.45) is 12.5 Å². The Morgan fingerprint density at radius 2 is 1.93 bits per heavy atom. The van der Waals surface area contributed by atoms with Gasteiger partial charge in [0.15, 0.2) is 0 Å². The minimum absolute atomic E-state index is 0.00326. The van der Waals surface area contributed by atoms with Crippen LogP contribution < -0.4 is 0 Å². The maximum absolute atomic E-state index is 13.5. The highest BCUT2D eigenvalue weighted by atomic mass is 16.5. The summed E-state index contributed by atoms with van der Waals surface area (Å²) in [6.45, 7) is 8.84. The first-order valence-electron chi connectivity index (χ1n) is 10.4. The summed E-state index contributed by atoms with van der Waals surface area (Å²) in [6.07, 6.45) is 4.43. The molecule has 0 saturated carbocycles. The summed E-state index contributed by atoms with van der Waals surface area (Å²) in [5.74, 6) is 0.217. The SMILES string of the molecule is COCCCN1CCC[C@@]2(CCCN(C(=O)c3c(C)c(C)nn3C)[C@@H]2C)C1=O. The van der Waals surface area contributed by atoms with Crippen LogP contribution in [0.1, 0.15) is 60.8 Å². The molecule has 0 bridgehead atoms. The molecule has 28 heavy (non-hydrogen) atoms. The Morgan fingerprint density at radius 3 is 2.54 bits per heavy atom. The van der Waals surface area contributed by atoms with Crippen LogP contribution in [0.15, 0.2) is 0 Å². The van der Waals surface area contributed by atoms with E-state index < -0.39 is 5.41 Å². The van der Waals surface area contributed by atoms with Gasteiger partial charge in [0, 0.05) is 52.0 Å². The van der Waals surface area contributed by atoms with Gasteiger partial charge < -0.3 is 14.5 Å². The molecule has 7 heteroatoms. The lowest BCUT2D eigenvalue weighted by Crippen LogP contribution is -2.62. The molecule has 0 radical (unpaired) electrons. The standard InChI is InChI=1S/C21H34N4O3/c1-15-16(2)22-23(4)18(15)19(26)25-13-7-10-21(17(25)3)9-6-11-24(20(21)27)12-8-14-28-5/h17H,6-14H2,1-5H3/t17-,21+/m1/s1. The molecule has 1 spiro atoms. The first-order chi connectivity index (χ1) is 13.3. The molecule has 2 atom stereocenters. The van der Waals surface area contributed by atoms with Crippen molar-refractivity contribution in [3.05, 3.63) is 17.0 Å². The fourth-order valence-corrected chi connectivity index (χ4v) is 5.08. The fraction of sp³-hybridized carbons (Fsp3) is 0.762. The van der Waals surface area contributed by atoms with Crippen LogP contribution in [0, 0.1) is 19.3 Å². The Morgan fingerprint density at radius 1 is 1.25 bits per heavy atom. The molecule has 1 aromatic rings. The van der Waals surface area contributed by atoms with Crippen LogP contribution in [0.3, 0.4) is 0 Å². The average Bonchev–Trinajstić information content (AvgIpc) is 2.92. The minimum Gasteiger partial charge on any atom is -0.385 e. The molecule has 2 amide bonds. The van der Waals surface area contributed by atoms with E-state index in [0.29, 0.717) is 18.8 Å². The number of hydrogen-bond donors (Lipinski definition) is 0. The Bertz CT molecular complexity index is 740. The van der Waals surface area contributed by atoms with Gasteiger partial charge in [-0.1, -0.05) is 0 Å². The third kappa shape index (κ3) is 3.45. The first kappa shape index (κ1) is 20.8. The molecular formula is C21H34N4O3. The summed E-state index contributed by atoms with van der Waals surface area (Å²) in [5.41, 5.74) is 1.99. The number of nitrogens with zero attached hydrogens (tertiary/aromatic N) is 4. The zero-order valence-corrected chi connectivity index (χ0v) is 18.0. The minimum atomic E-state index is -0.458. The van der Waals surface area contributed by atoms with E-state index in [2.05, 4.69) is 12.0 Å². The van der Waals surface area contributed by atoms with E-state index in [9.17, 15) is 9.59 Å². The third-order valence-electron chi connectivity index (χ3n) is 6.81. The van der Waals surface area contributed by atoms with E-state index in [1.165, 1.54) is 0 Å². The fourth-order valence-electron chi connectivity index (χ4n) is 5.08. The lowest BCUT2D eigenvalue weighted by molar-refractivity contribution is -0.154. The van der Waals surface area contributed by atoms with Gasteiger partial charge >= 0.3 is 0 Å². The summed E-state index contributed by atoms with van der Waals surface area (Å²) in [7, 11) is 3.51. The Labute approximate surface area is 168 Å². The number of aromatic nitrogens is 2. The predicted molar refractivity (Wildman–Crippen MR) is 107 cm³/mol. The summed E-state index contributed by atoms with van der Waals surface area (Å²) in [6, 6.07) is -0.110.